The molecular formula is C12H20N4O. The third-order valence-corrected chi connectivity index (χ3v) is 3.61. The van der Waals surface area contributed by atoms with Gasteiger partial charge in [0.25, 0.3) is 5.91 Å². The molecule has 17 heavy (non-hydrogen) atoms. The van der Waals surface area contributed by atoms with E-state index in [1.807, 2.05) is 0 Å². The molecule has 1 aliphatic rings. The van der Waals surface area contributed by atoms with Gasteiger partial charge in [-0.05, 0) is 25.2 Å². The van der Waals surface area contributed by atoms with Crippen molar-refractivity contribution < 1.29 is 4.79 Å². The summed E-state index contributed by atoms with van der Waals surface area (Å²) >= 11 is 0. The highest BCUT2D eigenvalue weighted by molar-refractivity contribution is 5.90. The first-order valence-electron chi connectivity index (χ1n) is 6.47. The van der Waals surface area contributed by atoms with Gasteiger partial charge in [-0.2, -0.15) is 5.10 Å². The molecule has 5 nitrogen and oxygen atoms in total. The average Bonchev–Trinajstić information content (AvgIpc) is 2.90. The van der Waals surface area contributed by atoms with E-state index in [2.05, 4.69) is 27.4 Å². The van der Waals surface area contributed by atoms with E-state index in [4.69, 9.17) is 0 Å². The number of H-pyrrole nitrogens is 1. The molecule has 1 unspecified atom stereocenters. The Morgan fingerprint density at radius 2 is 2.29 bits per heavy atom. The minimum absolute atomic E-state index is 0.139. The van der Waals surface area contributed by atoms with Crippen LogP contribution in [-0.4, -0.2) is 27.1 Å². The molecule has 1 fully saturated rings. The van der Waals surface area contributed by atoms with Gasteiger partial charge >= 0.3 is 0 Å². The van der Waals surface area contributed by atoms with E-state index in [1.54, 1.807) is 0 Å². The van der Waals surface area contributed by atoms with E-state index in [0.717, 1.165) is 6.42 Å². The summed E-state index contributed by atoms with van der Waals surface area (Å²) in [6.07, 6.45) is 8.72. The topological polar surface area (TPSA) is 70.7 Å². The van der Waals surface area contributed by atoms with Crippen molar-refractivity contribution in [3.8, 4) is 0 Å². The molecule has 0 aromatic carbocycles. The van der Waals surface area contributed by atoms with Crippen LogP contribution < -0.4 is 5.32 Å². The van der Waals surface area contributed by atoms with Gasteiger partial charge in [-0.15, -0.1) is 0 Å². The molecule has 2 rings (SSSR count). The van der Waals surface area contributed by atoms with Gasteiger partial charge in [0.05, 0.1) is 0 Å². The van der Waals surface area contributed by atoms with Gasteiger partial charge in [0.2, 0.25) is 5.82 Å². The standard InChI is InChI=1S/C12H20N4O/c1-2-10(9-6-4-3-5-7-9)15-12(17)11-13-8-14-16-11/h8-10H,2-7H2,1H3,(H,15,17)(H,13,14,16). The zero-order chi connectivity index (χ0) is 12.1. The highest BCUT2D eigenvalue weighted by Gasteiger charge is 2.24. The van der Waals surface area contributed by atoms with Gasteiger partial charge in [0.15, 0.2) is 0 Å². The van der Waals surface area contributed by atoms with Crippen molar-refractivity contribution in [3.05, 3.63) is 12.2 Å². The Kier molecular flexibility index (Phi) is 4.12. The van der Waals surface area contributed by atoms with E-state index in [1.165, 1.54) is 38.4 Å². The number of carbonyl (C=O) groups is 1. The number of aromatic amines is 1. The van der Waals surface area contributed by atoms with E-state index < -0.39 is 0 Å². The van der Waals surface area contributed by atoms with Crippen LogP contribution in [0.5, 0.6) is 0 Å². The quantitative estimate of drug-likeness (QED) is 0.838. The van der Waals surface area contributed by atoms with Gasteiger partial charge in [0, 0.05) is 6.04 Å². The molecule has 94 valence electrons. The molecular weight excluding hydrogens is 216 g/mol. The van der Waals surface area contributed by atoms with Gasteiger partial charge < -0.3 is 5.32 Å². The SMILES string of the molecule is CCC(NC(=O)c1ncn[nH]1)C1CCCCC1. The third kappa shape index (κ3) is 3.05. The maximum absolute atomic E-state index is 11.9. The normalized spacial score (nSPS) is 18.9. The average molecular weight is 236 g/mol. The summed E-state index contributed by atoms with van der Waals surface area (Å²) in [5.74, 6) is 0.791. The van der Waals surface area contributed by atoms with Crippen LogP contribution >= 0.6 is 0 Å². The number of rotatable bonds is 4. The van der Waals surface area contributed by atoms with Crippen molar-refractivity contribution >= 4 is 5.91 Å². The molecule has 0 saturated heterocycles. The molecule has 2 N–H and O–H groups in total. The summed E-state index contributed by atoms with van der Waals surface area (Å²) in [6.45, 7) is 2.12. The van der Waals surface area contributed by atoms with Crippen LogP contribution in [0.25, 0.3) is 0 Å². The monoisotopic (exact) mass is 236 g/mol. The lowest BCUT2D eigenvalue weighted by atomic mass is 9.83. The molecule has 1 heterocycles. The highest BCUT2D eigenvalue weighted by atomic mass is 16.2. The van der Waals surface area contributed by atoms with Gasteiger partial charge in [0.1, 0.15) is 6.33 Å². The summed E-state index contributed by atoms with van der Waals surface area (Å²) in [6, 6.07) is 0.271. The lowest BCUT2D eigenvalue weighted by Crippen LogP contribution is -2.41. The highest BCUT2D eigenvalue weighted by Crippen LogP contribution is 2.27. The maximum atomic E-state index is 11.9. The Labute approximate surface area is 101 Å². The maximum Gasteiger partial charge on any atom is 0.288 e. The second-order valence-corrected chi connectivity index (χ2v) is 4.72. The van der Waals surface area contributed by atoms with Crippen molar-refractivity contribution in [2.45, 2.75) is 51.5 Å². The second-order valence-electron chi connectivity index (χ2n) is 4.72. The third-order valence-electron chi connectivity index (χ3n) is 3.61. The first-order valence-corrected chi connectivity index (χ1v) is 6.47. The minimum atomic E-state index is -0.139. The summed E-state index contributed by atoms with van der Waals surface area (Å²) in [7, 11) is 0. The molecule has 1 aromatic rings. The van der Waals surface area contributed by atoms with Gasteiger partial charge in [-0.1, -0.05) is 26.2 Å². The fourth-order valence-corrected chi connectivity index (χ4v) is 2.64. The van der Waals surface area contributed by atoms with Gasteiger partial charge in [-0.25, -0.2) is 4.98 Å². The van der Waals surface area contributed by atoms with Crippen molar-refractivity contribution in [2.75, 3.05) is 0 Å². The molecule has 0 bridgehead atoms. The fourth-order valence-electron chi connectivity index (χ4n) is 2.64. The molecule has 1 aliphatic carbocycles. The van der Waals surface area contributed by atoms with Crippen LogP contribution in [0.3, 0.4) is 0 Å². The first-order chi connectivity index (χ1) is 8.31. The summed E-state index contributed by atoms with van der Waals surface area (Å²) in [4.78, 5) is 15.7. The largest absolute Gasteiger partial charge is 0.346 e. The van der Waals surface area contributed by atoms with Crippen LogP contribution in [0.15, 0.2) is 6.33 Å². The Balaban J connectivity index is 1.92. The molecule has 0 aliphatic heterocycles. The number of carbonyl (C=O) groups excluding carboxylic acids is 1. The molecule has 0 radical (unpaired) electrons. The Morgan fingerprint density at radius 3 is 2.88 bits per heavy atom. The molecule has 1 amide bonds. The lowest BCUT2D eigenvalue weighted by molar-refractivity contribution is 0.0901. The molecule has 1 aromatic heterocycles. The van der Waals surface area contributed by atoms with Crippen LogP contribution in [0.4, 0.5) is 0 Å². The number of hydrogen-bond donors (Lipinski definition) is 2. The van der Waals surface area contributed by atoms with E-state index in [-0.39, 0.29) is 11.9 Å². The zero-order valence-corrected chi connectivity index (χ0v) is 10.3. The Morgan fingerprint density at radius 1 is 1.53 bits per heavy atom. The van der Waals surface area contributed by atoms with E-state index in [0.29, 0.717) is 11.7 Å². The Hall–Kier alpha value is -1.39. The zero-order valence-electron chi connectivity index (χ0n) is 10.3. The van der Waals surface area contributed by atoms with Crippen LogP contribution in [0.1, 0.15) is 56.1 Å². The number of nitrogens with zero attached hydrogens (tertiary/aromatic N) is 2. The summed E-state index contributed by atoms with van der Waals surface area (Å²) in [5, 5.41) is 9.35. The number of hydrogen-bond acceptors (Lipinski definition) is 3. The summed E-state index contributed by atoms with van der Waals surface area (Å²) in [5.41, 5.74) is 0. The van der Waals surface area contributed by atoms with Crippen LogP contribution in [-0.2, 0) is 0 Å². The smallest absolute Gasteiger partial charge is 0.288 e. The van der Waals surface area contributed by atoms with Crippen molar-refractivity contribution in [1.29, 1.82) is 0 Å². The fraction of sp³-hybridized carbons (Fsp3) is 0.750. The summed E-state index contributed by atoms with van der Waals surface area (Å²) < 4.78 is 0. The first kappa shape index (κ1) is 12.1. The van der Waals surface area contributed by atoms with Crippen molar-refractivity contribution in [2.24, 2.45) is 5.92 Å². The number of amides is 1. The van der Waals surface area contributed by atoms with Crippen molar-refractivity contribution in [3.63, 3.8) is 0 Å². The minimum Gasteiger partial charge on any atom is -0.346 e. The number of aromatic nitrogens is 3. The molecule has 1 atom stereocenters. The van der Waals surface area contributed by atoms with E-state index in [9.17, 15) is 4.79 Å². The van der Waals surface area contributed by atoms with Crippen LogP contribution in [0.2, 0.25) is 0 Å². The predicted octanol–water partition coefficient (Wildman–Crippen LogP) is 1.89. The predicted molar refractivity (Wildman–Crippen MR) is 64.5 cm³/mol. The second kappa shape index (κ2) is 5.80. The molecule has 5 heteroatoms. The van der Waals surface area contributed by atoms with E-state index >= 15 is 0 Å². The molecule has 1 saturated carbocycles. The van der Waals surface area contributed by atoms with Gasteiger partial charge in [-0.3, -0.25) is 9.89 Å². The number of nitrogens with one attached hydrogen (secondary N) is 2. The Bertz CT molecular complexity index is 343. The lowest BCUT2D eigenvalue weighted by Gasteiger charge is -2.29. The molecule has 0 spiro atoms. The van der Waals surface area contributed by atoms with Crippen LogP contribution in [0, 0.1) is 5.92 Å². The van der Waals surface area contributed by atoms with Crippen molar-refractivity contribution in [1.82, 2.24) is 20.5 Å².